The van der Waals surface area contributed by atoms with Crippen LogP contribution in [0.4, 0.5) is 4.79 Å². The van der Waals surface area contributed by atoms with Crippen LogP contribution < -0.4 is 4.74 Å². The van der Waals surface area contributed by atoms with Crippen molar-refractivity contribution in [2.75, 3.05) is 20.2 Å². The van der Waals surface area contributed by atoms with Crippen LogP contribution in [0.15, 0.2) is 24.4 Å². The number of hydrogen-bond acceptors (Lipinski definition) is 4. The van der Waals surface area contributed by atoms with Gasteiger partial charge in [0.25, 0.3) is 0 Å². The van der Waals surface area contributed by atoms with Crippen LogP contribution in [0.25, 0.3) is 5.57 Å². The Morgan fingerprint density at radius 2 is 2.14 bits per heavy atom. The molecule has 0 spiro atoms. The Morgan fingerprint density at radius 1 is 1.38 bits per heavy atom. The number of nitrogens with zero attached hydrogens (tertiary/aromatic N) is 2. The third-order valence-electron chi connectivity index (χ3n) is 3.12. The zero-order valence-corrected chi connectivity index (χ0v) is 13.0. The number of carbonyl (C=O) groups excluding carboxylic acids is 1. The fourth-order valence-corrected chi connectivity index (χ4v) is 2.16. The third-order valence-corrected chi connectivity index (χ3v) is 3.12. The highest BCUT2D eigenvalue weighted by atomic mass is 16.6. The third kappa shape index (κ3) is 4.21. The lowest BCUT2D eigenvalue weighted by molar-refractivity contribution is 0.0273. The summed E-state index contributed by atoms with van der Waals surface area (Å²) in [5.41, 5.74) is 1.64. The lowest BCUT2D eigenvalue weighted by atomic mass is 10.0. The smallest absolute Gasteiger partial charge is 0.410 e. The average molecular weight is 290 g/mol. The second-order valence-corrected chi connectivity index (χ2v) is 6.01. The maximum Gasteiger partial charge on any atom is 0.410 e. The quantitative estimate of drug-likeness (QED) is 0.839. The molecule has 5 heteroatoms. The average Bonchev–Trinajstić information content (AvgIpc) is 2.46. The number of carbonyl (C=O) groups is 1. The first-order valence-corrected chi connectivity index (χ1v) is 7.06. The van der Waals surface area contributed by atoms with Crippen LogP contribution in [0, 0.1) is 0 Å². The van der Waals surface area contributed by atoms with E-state index in [0.717, 1.165) is 17.6 Å². The molecule has 114 valence electrons. The Bertz CT molecular complexity index is 547. The number of amides is 1. The Kier molecular flexibility index (Phi) is 4.50. The molecule has 2 rings (SSSR count). The number of rotatable bonds is 2. The van der Waals surface area contributed by atoms with E-state index in [2.05, 4.69) is 11.1 Å². The monoisotopic (exact) mass is 290 g/mol. The number of pyridine rings is 1. The Labute approximate surface area is 125 Å². The molecule has 1 aromatic rings. The molecule has 1 aliphatic heterocycles. The number of methoxy groups -OCH3 is 1. The molecule has 0 atom stereocenters. The molecule has 0 radical (unpaired) electrons. The van der Waals surface area contributed by atoms with E-state index in [9.17, 15) is 4.79 Å². The predicted molar refractivity (Wildman–Crippen MR) is 81.2 cm³/mol. The molecule has 21 heavy (non-hydrogen) atoms. The van der Waals surface area contributed by atoms with Crippen molar-refractivity contribution in [2.24, 2.45) is 0 Å². The second kappa shape index (κ2) is 6.16. The number of hydrogen-bond donors (Lipinski definition) is 0. The van der Waals surface area contributed by atoms with Crippen LogP contribution in [0.2, 0.25) is 0 Å². The molecule has 1 aliphatic rings. The topological polar surface area (TPSA) is 51.7 Å². The minimum atomic E-state index is -0.474. The van der Waals surface area contributed by atoms with E-state index in [0.29, 0.717) is 19.0 Å². The van der Waals surface area contributed by atoms with E-state index < -0.39 is 5.60 Å². The van der Waals surface area contributed by atoms with Gasteiger partial charge >= 0.3 is 6.09 Å². The molecule has 0 saturated carbocycles. The SMILES string of the molecule is COc1cc(C2=CCCN(C(=O)OC(C)(C)C)C2)ccn1. The van der Waals surface area contributed by atoms with Crippen LogP contribution in [-0.2, 0) is 4.74 Å². The fraction of sp³-hybridized carbons (Fsp3) is 0.500. The summed E-state index contributed by atoms with van der Waals surface area (Å²) in [5, 5.41) is 0. The van der Waals surface area contributed by atoms with Gasteiger partial charge in [0.05, 0.1) is 7.11 Å². The summed E-state index contributed by atoms with van der Waals surface area (Å²) in [7, 11) is 1.59. The summed E-state index contributed by atoms with van der Waals surface area (Å²) in [6.45, 7) is 6.85. The number of ether oxygens (including phenoxy) is 2. The first-order chi connectivity index (χ1) is 9.89. The van der Waals surface area contributed by atoms with E-state index in [1.54, 1.807) is 18.2 Å². The van der Waals surface area contributed by atoms with E-state index in [1.807, 2.05) is 32.9 Å². The molecule has 1 amide bonds. The van der Waals surface area contributed by atoms with Gasteiger partial charge in [0.2, 0.25) is 5.88 Å². The van der Waals surface area contributed by atoms with Gasteiger partial charge in [-0.05, 0) is 44.4 Å². The standard InChI is InChI=1S/C16H22N2O3/c1-16(2,3)21-15(19)18-9-5-6-13(11-18)12-7-8-17-14(10-12)20-4/h6-8,10H,5,9,11H2,1-4H3. The van der Waals surface area contributed by atoms with Crippen molar-refractivity contribution in [2.45, 2.75) is 32.8 Å². The Morgan fingerprint density at radius 3 is 2.81 bits per heavy atom. The minimum Gasteiger partial charge on any atom is -0.481 e. The van der Waals surface area contributed by atoms with Gasteiger partial charge in [-0.3, -0.25) is 0 Å². The summed E-state index contributed by atoms with van der Waals surface area (Å²) < 4.78 is 10.6. The van der Waals surface area contributed by atoms with E-state index in [1.165, 1.54) is 0 Å². The van der Waals surface area contributed by atoms with Crippen LogP contribution >= 0.6 is 0 Å². The van der Waals surface area contributed by atoms with Crippen LogP contribution in [0.1, 0.15) is 32.8 Å². The summed E-state index contributed by atoms with van der Waals surface area (Å²) >= 11 is 0. The Hall–Kier alpha value is -2.04. The van der Waals surface area contributed by atoms with E-state index >= 15 is 0 Å². The maximum absolute atomic E-state index is 12.2. The molecule has 0 saturated heterocycles. The fourth-order valence-electron chi connectivity index (χ4n) is 2.16. The Balaban J connectivity index is 2.10. The van der Waals surface area contributed by atoms with Crippen molar-refractivity contribution >= 4 is 11.7 Å². The lowest BCUT2D eigenvalue weighted by Crippen LogP contribution is -2.39. The molecule has 5 nitrogen and oxygen atoms in total. The zero-order valence-electron chi connectivity index (χ0n) is 13.0. The molecule has 2 heterocycles. The van der Waals surface area contributed by atoms with E-state index in [4.69, 9.17) is 9.47 Å². The first kappa shape index (κ1) is 15.4. The predicted octanol–water partition coefficient (Wildman–Crippen LogP) is 3.11. The molecule has 0 aliphatic carbocycles. The molecule has 0 aromatic carbocycles. The minimum absolute atomic E-state index is 0.269. The van der Waals surface area contributed by atoms with Crippen molar-refractivity contribution in [1.29, 1.82) is 0 Å². The van der Waals surface area contributed by atoms with Crippen molar-refractivity contribution < 1.29 is 14.3 Å². The van der Waals surface area contributed by atoms with Crippen LogP contribution in [-0.4, -0.2) is 41.8 Å². The van der Waals surface area contributed by atoms with Gasteiger partial charge in [-0.1, -0.05) is 6.08 Å². The van der Waals surface area contributed by atoms with Gasteiger partial charge in [-0.25, -0.2) is 9.78 Å². The largest absolute Gasteiger partial charge is 0.481 e. The highest BCUT2D eigenvalue weighted by molar-refractivity contribution is 5.75. The van der Waals surface area contributed by atoms with Crippen molar-refractivity contribution in [3.63, 3.8) is 0 Å². The highest BCUT2D eigenvalue weighted by Crippen LogP contribution is 2.24. The summed E-state index contributed by atoms with van der Waals surface area (Å²) in [5.74, 6) is 0.572. The second-order valence-electron chi connectivity index (χ2n) is 6.01. The molecule has 0 fully saturated rings. The van der Waals surface area contributed by atoms with Gasteiger partial charge < -0.3 is 14.4 Å². The molecular formula is C16H22N2O3. The van der Waals surface area contributed by atoms with Gasteiger partial charge in [-0.15, -0.1) is 0 Å². The summed E-state index contributed by atoms with van der Waals surface area (Å²) in [6.07, 6.45) is 4.41. The van der Waals surface area contributed by atoms with Crippen molar-refractivity contribution in [3.8, 4) is 5.88 Å². The summed E-state index contributed by atoms with van der Waals surface area (Å²) in [6, 6.07) is 3.80. The molecular weight excluding hydrogens is 268 g/mol. The highest BCUT2D eigenvalue weighted by Gasteiger charge is 2.24. The normalized spacial score (nSPS) is 15.4. The molecule has 1 aromatic heterocycles. The van der Waals surface area contributed by atoms with E-state index in [-0.39, 0.29) is 6.09 Å². The van der Waals surface area contributed by atoms with Crippen molar-refractivity contribution in [1.82, 2.24) is 9.88 Å². The zero-order chi connectivity index (χ0) is 15.5. The molecule has 0 bridgehead atoms. The molecule has 0 N–H and O–H groups in total. The summed E-state index contributed by atoms with van der Waals surface area (Å²) in [4.78, 5) is 18.0. The van der Waals surface area contributed by atoms with Crippen LogP contribution in [0.3, 0.4) is 0 Å². The van der Waals surface area contributed by atoms with Gasteiger partial charge in [0.15, 0.2) is 0 Å². The van der Waals surface area contributed by atoms with Gasteiger partial charge in [-0.2, -0.15) is 0 Å². The number of aromatic nitrogens is 1. The molecule has 0 unspecified atom stereocenters. The maximum atomic E-state index is 12.2. The first-order valence-electron chi connectivity index (χ1n) is 7.06. The van der Waals surface area contributed by atoms with Crippen LogP contribution in [0.5, 0.6) is 5.88 Å². The lowest BCUT2D eigenvalue weighted by Gasteiger charge is -2.30. The van der Waals surface area contributed by atoms with Gasteiger partial charge in [0, 0.05) is 25.4 Å². The van der Waals surface area contributed by atoms with Gasteiger partial charge in [0.1, 0.15) is 5.60 Å². The van der Waals surface area contributed by atoms with Crippen molar-refractivity contribution in [3.05, 3.63) is 30.0 Å².